The molecule has 0 spiro atoms. The molecule has 1 amide bonds. The van der Waals surface area contributed by atoms with Gasteiger partial charge in [-0.15, -0.1) is 0 Å². The van der Waals surface area contributed by atoms with E-state index in [-0.39, 0.29) is 5.91 Å². The van der Waals surface area contributed by atoms with E-state index in [0.717, 1.165) is 0 Å². The number of amides is 1. The molecule has 25 heavy (non-hydrogen) atoms. The van der Waals surface area contributed by atoms with Crippen LogP contribution < -0.4 is 14.8 Å². The molecule has 2 atom stereocenters. The fraction of sp³-hybridized carbons (Fsp3) is 0.167. The number of para-hydroxylation sites is 2. The van der Waals surface area contributed by atoms with Crippen LogP contribution in [0, 0.1) is 0 Å². The van der Waals surface area contributed by atoms with Gasteiger partial charge in [0.1, 0.15) is 6.10 Å². The van der Waals surface area contributed by atoms with Gasteiger partial charge in [-0.2, -0.15) is 5.10 Å². The number of benzene rings is 1. The standard InChI is InChI=1S/C18H16N4O3/c1-12-17(25-15-6-3-2-5-14(15)24-12)18(23)21-13-7-8-16(19-11-13)22-10-4-9-20-22/h2-12,17H,1H3,(H,21,23). The number of carbonyl (C=O) groups excluding carboxylic acids is 1. The van der Waals surface area contributed by atoms with Gasteiger partial charge in [0.25, 0.3) is 5.91 Å². The largest absolute Gasteiger partial charge is 0.482 e. The fourth-order valence-corrected chi connectivity index (χ4v) is 2.62. The first-order chi connectivity index (χ1) is 12.2. The normalized spacial score (nSPS) is 18.6. The molecule has 126 valence electrons. The summed E-state index contributed by atoms with van der Waals surface area (Å²) < 4.78 is 13.2. The molecule has 4 rings (SSSR count). The number of anilines is 1. The summed E-state index contributed by atoms with van der Waals surface area (Å²) in [5.41, 5.74) is 0.579. The highest BCUT2D eigenvalue weighted by Gasteiger charge is 2.34. The van der Waals surface area contributed by atoms with E-state index in [1.54, 1.807) is 48.4 Å². The number of hydrogen-bond donors (Lipinski definition) is 1. The Balaban J connectivity index is 1.47. The SMILES string of the molecule is CC1Oc2ccccc2OC1C(=O)Nc1ccc(-n2cccn2)nc1. The average molecular weight is 336 g/mol. The summed E-state index contributed by atoms with van der Waals surface area (Å²) >= 11 is 0. The van der Waals surface area contributed by atoms with Gasteiger partial charge in [0.15, 0.2) is 17.3 Å². The van der Waals surface area contributed by atoms with Crippen LogP contribution in [-0.4, -0.2) is 32.9 Å². The van der Waals surface area contributed by atoms with Gasteiger partial charge in [-0.05, 0) is 37.3 Å². The first kappa shape index (κ1) is 15.2. The number of fused-ring (bicyclic) bond motifs is 1. The second-order valence-electron chi connectivity index (χ2n) is 5.65. The van der Waals surface area contributed by atoms with Crippen molar-refractivity contribution in [3.05, 3.63) is 61.1 Å². The lowest BCUT2D eigenvalue weighted by Crippen LogP contribution is -2.46. The van der Waals surface area contributed by atoms with Crippen molar-refractivity contribution in [2.75, 3.05) is 5.32 Å². The van der Waals surface area contributed by atoms with E-state index < -0.39 is 12.2 Å². The van der Waals surface area contributed by atoms with E-state index >= 15 is 0 Å². The number of nitrogens with one attached hydrogen (secondary N) is 1. The number of hydrogen-bond acceptors (Lipinski definition) is 5. The Morgan fingerprint density at radius 2 is 1.92 bits per heavy atom. The lowest BCUT2D eigenvalue weighted by Gasteiger charge is -2.30. The molecule has 1 aromatic carbocycles. The zero-order chi connectivity index (χ0) is 17.2. The summed E-state index contributed by atoms with van der Waals surface area (Å²) in [6.45, 7) is 1.80. The molecule has 0 saturated heterocycles. The molecule has 1 N–H and O–H groups in total. The van der Waals surface area contributed by atoms with E-state index in [1.807, 2.05) is 24.3 Å². The van der Waals surface area contributed by atoms with Crippen LogP contribution in [0.25, 0.3) is 5.82 Å². The molecule has 1 aliphatic heterocycles. The minimum absolute atomic E-state index is 0.282. The molecule has 0 radical (unpaired) electrons. The summed E-state index contributed by atoms with van der Waals surface area (Å²) in [6, 6.07) is 12.7. The van der Waals surface area contributed by atoms with Crippen LogP contribution in [0.4, 0.5) is 5.69 Å². The predicted octanol–water partition coefficient (Wildman–Crippen LogP) is 2.43. The maximum atomic E-state index is 12.5. The van der Waals surface area contributed by atoms with Crippen molar-refractivity contribution in [3.63, 3.8) is 0 Å². The Labute approximate surface area is 144 Å². The van der Waals surface area contributed by atoms with E-state index in [0.29, 0.717) is 23.0 Å². The third-order valence-corrected chi connectivity index (χ3v) is 3.86. The van der Waals surface area contributed by atoms with E-state index in [9.17, 15) is 4.79 Å². The minimum atomic E-state index is -0.735. The highest BCUT2D eigenvalue weighted by Crippen LogP contribution is 2.33. The van der Waals surface area contributed by atoms with Gasteiger partial charge < -0.3 is 14.8 Å². The zero-order valence-corrected chi connectivity index (χ0v) is 13.5. The van der Waals surface area contributed by atoms with Crippen LogP contribution in [0.5, 0.6) is 11.5 Å². The Morgan fingerprint density at radius 3 is 2.60 bits per heavy atom. The van der Waals surface area contributed by atoms with Gasteiger partial charge in [-0.1, -0.05) is 12.1 Å². The second kappa shape index (κ2) is 6.27. The Hall–Kier alpha value is -3.35. The molecule has 3 aromatic rings. The molecule has 2 unspecified atom stereocenters. The molecule has 3 heterocycles. The highest BCUT2D eigenvalue weighted by atomic mass is 16.6. The van der Waals surface area contributed by atoms with Crippen molar-refractivity contribution in [3.8, 4) is 17.3 Å². The summed E-state index contributed by atoms with van der Waals surface area (Å²) in [5, 5.41) is 6.92. The number of pyridine rings is 1. The lowest BCUT2D eigenvalue weighted by molar-refractivity contribution is -0.128. The lowest BCUT2D eigenvalue weighted by atomic mass is 10.1. The third kappa shape index (κ3) is 3.03. The number of carbonyl (C=O) groups is 1. The molecule has 7 heteroatoms. The summed E-state index contributed by atoms with van der Waals surface area (Å²) in [7, 11) is 0. The first-order valence-electron chi connectivity index (χ1n) is 7.90. The van der Waals surface area contributed by atoms with Gasteiger partial charge >= 0.3 is 0 Å². The van der Waals surface area contributed by atoms with Gasteiger partial charge in [0.05, 0.1) is 11.9 Å². The first-order valence-corrected chi connectivity index (χ1v) is 7.90. The van der Waals surface area contributed by atoms with Crippen LogP contribution in [-0.2, 0) is 4.79 Å². The van der Waals surface area contributed by atoms with Crippen molar-refractivity contribution in [1.29, 1.82) is 0 Å². The Bertz CT molecular complexity index is 878. The van der Waals surface area contributed by atoms with Crippen LogP contribution in [0.2, 0.25) is 0 Å². The highest BCUT2D eigenvalue weighted by molar-refractivity contribution is 5.95. The quantitative estimate of drug-likeness (QED) is 0.795. The van der Waals surface area contributed by atoms with E-state index in [2.05, 4.69) is 15.4 Å². The number of rotatable bonds is 3. The van der Waals surface area contributed by atoms with Gasteiger partial charge in [0.2, 0.25) is 6.10 Å². The minimum Gasteiger partial charge on any atom is -0.482 e. The summed E-state index contributed by atoms with van der Waals surface area (Å²) in [4.78, 5) is 16.8. The fourth-order valence-electron chi connectivity index (χ4n) is 2.62. The summed E-state index contributed by atoms with van der Waals surface area (Å²) in [6.07, 6.45) is 3.92. The number of nitrogens with zero attached hydrogens (tertiary/aromatic N) is 3. The van der Waals surface area contributed by atoms with Crippen molar-refractivity contribution in [2.24, 2.45) is 0 Å². The maximum Gasteiger partial charge on any atom is 0.269 e. The molecule has 0 fully saturated rings. The van der Waals surface area contributed by atoms with Crippen LogP contribution in [0.15, 0.2) is 61.1 Å². The van der Waals surface area contributed by atoms with Crippen molar-refractivity contribution >= 4 is 11.6 Å². The van der Waals surface area contributed by atoms with Crippen molar-refractivity contribution < 1.29 is 14.3 Å². The van der Waals surface area contributed by atoms with Crippen LogP contribution in [0.1, 0.15) is 6.92 Å². The molecule has 0 aliphatic carbocycles. The number of ether oxygens (including phenoxy) is 2. The summed E-state index contributed by atoms with van der Waals surface area (Å²) in [5.74, 6) is 1.59. The Kier molecular flexibility index (Phi) is 3.81. The van der Waals surface area contributed by atoms with E-state index in [4.69, 9.17) is 9.47 Å². The van der Waals surface area contributed by atoms with Gasteiger partial charge in [0, 0.05) is 12.4 Å². The smallest absolute Gasteiger partial charge is 0.269 e. The van der Waals surface area contributed by atoms with Crippen LogP contribution >= 0.6 is 0 Å². The molecule has 2 aromatic heterocycles. The van der Waals surface area contributed by atoms with Crippen molar-refractivity contribution in [2.45, 2.75) is 19.1 Å². The van der Waals surface area contributed by atoms with Crippen molar-refractivity contribution in [1.82, 2.24) is 14.8 Å². The Morgan fingerprint density at radius 1 is 1.12 bits per heavy atom. The molecule has 0 bridgehead atoms. The molecular weight excluding hydrogens is 320 g/mol. The molecule has 1 aliphatic rings. The average Bonchev–Trinajstić information content (AvgIpc) is 3.16. The zero-order valence-electron chi connectivity index (χ0n) is 13.5. The molecule has 7 nitrogen and oxygen atoms in total. The second-order valence-corrected chi connectivity index (χ2v) is 5.65. The molecular formula is C18H16N4O3. The third-order valence-electron chi connectivity index (χ3n) is 3.86. The van der Waals surface area contributed by atoms with E-state index in [1.165, 1.54) is 0 Å². The van der Waals surface area contributed by atoms with Gasteiger partial charge in [-0.3, -0.25) is 4.79 Å². The van der Waals surface area contributed by atoms with Crippen LogP contribution in [0.3, 0.4) is 0 Å². The van der Waals surface area contributed by atoms with Gasteiger partial charge in [-0.25, -0.2) is 9.67 Å². The predicted molar refractivity (Wildman–Crippen MR) is 90.9 cm³/mol. The maximum absolute atomic E-state index is 12.5. The molecule has 0 saturated carbocycles. The monoisotopic (exact) mass is 336 g/mol. The number of aromatic nitrogens is 3. The topological polar surface area (TPSA) is 78.3 Å².